The molecule has 116 valence electrons. The summed E-state index contributed by atoms with van der Waals surface area (Å²) in [6.45, 7) is 4.71. The molecule has 6 nitrogen and oxygen atoms in total. The highest BCUT2D eigenvalue weighted by atomic mass is 32.1. The van der Waals surface area contributed by atoms with Gasteiger partial charge in [-0.15, -0.1) is 11.3 Å². The summed E-state index contributed by atoms with van der Waals surface area (Å²) in [5.74, 6) is 0.0297. The number of hydrogen-bond acceptors (Lipinski definition) is 5. The number of amides is 2. The minimum atomic E-state index is -0.0149. The van der Waals surface area contributed by atoms with E-state index in [2.05, 4.69) is 10.2 Å². The lowest BCUT2D eigenvalue weighted by atomic mass is 10.3. The normalized spacial score (nSPS) is 16.0. The monoisotopic (exact) mass is 311 g/mol. The zero-order valence-corrected chi connectivity index (χ0v) is 13.0. The molecule has 0 spiro atoms. The molecular weight excluding hydrogens is 290 g/mol. The van der Waals surface area contributed by atoms with E-state index in [1.807, 2.05) is 22.4 Å². The molecule has 2 rings (SSSR count). The smallest absolute Gasteiger partial charge is 0.261 e. The summed E-state index contributed by atoms with van der Waals surface area (Å²) >= 11 is 1.44. The Balaban J connectivity index is 1.63. The molecule has 0 bridgehead atoms. The van der Waals surface area contributed by atoms with Crippen LogP contribution in [-0.4, -0.2) is 74.6 Å². The predicted octanol–water partition coefficient (Wildman–Crippen LogP) is 0.269. The highest BCUT2D eigenvalue weighted by Gasteiger charge is 2.20. The van der Waals surface area contributed by atoms with Crippen LogP contribution in [0.5, 0.6) is 0 Å². The first-order chi connectivity index (χ1) is 10.2. The van der Waals surface area contributed by atoms with E-state index < -0.39 is 0 Å². The van der Waals surface area contributed by atoms with Gasteiger partial charge in [0.1, 0.15) is 6.61 Å². The second kappa shape index (κ2) is 8.11. The number of thiophene rings is 1. The molecule has 1 aliphatic heterocycles. The summed E-state index contributed by atoms with van der Waals surface area (Å²) in [6, 6.07) is 3.69. The molecule has 1 aliphatic rings. The lowest BCUT2D eigenvalue weighted by Gasteiger charge is -2.34. The van der Waals surface area contributed by atoms with Crippen molar-refractivity contribution in [3.8, 4) is 0 Å². The Morgan fingerprint density at radius 1 is 1.33 bits per heavy atom. The van der Waals surface area contributed by atoms with Crippen molar-refractivity contribution in [2.24, 2.45) is 0 Å². The Kier molecular flexibility index (Phi) is 6.16. The zero-order chi connectivity index (χ0) is 15.1. The number of methoxy groups -OCH3 is 1. The van der Waals surface area contributed by atoms with Crippen LogP contribution < -0.4 is 5.32 Å². The van der Waals surface area contributed by atoms with Crippen molar-refractivity contribution in [2.45, 2.75) is 0 Å². The van der Waals surface area contributed by atoms with Crippen molar-refractivity contribution < 1.29 is 14.3 Å². The van der Waals surface area contributed by atoms with E-state index in [-0.39, 0.29) is 18.4 Å². The molecule has 0 saturated carbocycles. The first kappa shape index (κ1) is 15.9. The van der Waals surface area contributed by atoms with E-state index in [0.29, 0.717) is 6.54 Å². The van der Waals surface area contributed by atoms with Gasteiger partial charge in [-0.05, 0) is 11.4 Å². The van der Waals surface area contributed by atoms with E-state index in [1.165, 1.54) is 18.4 Å². The van der Waals surface area contributed by atoms with E-state index >= 15 is 0 Å². The lowest BCUT2D eigenvalue weighted by Crippen LogP contribution is -2.51. The molecule has 0 atom stereocenters. The fourth-order valence-electron chi connectivity index (χ4n) is 2.26. The molecule has 0 aliphatic carbocycles. The molecular formula is C14H21N3O3S. The third kappa shape index (κ3) is 4.80. The van der Waals surface area contributed by atoms with Gasteiger partial charge in [0.15, 0.2) is 0 Å². The topological polar surface area (TPSA) is 61.9 Å². The maximum absolute atomic E-state index is 11.8. The first-order valence-corrected chi connectivity index (χ1v) is 7.89. The van der Waals surface area contributed by atoms with Gasteiger partial charge in [-0.3, -0.25) is 14.5 Å². The van der Waals surface area contributed by atoms with Gasteiger partial charge in [0, 0.05) is 46.4 Å². The van der Waals surface area contributed by atoms with Crippen LogP contribution in [0.25, 0.3) is 0 Å². The standard InChI is InChI=1S/C14H21N3O3S/c1-20-11-13(18)17-8-6-16(7-9-17)5-4-15-14(19)12-3-2-10-21-12/h2-3,10H,4-9,11H2,1H3,(H,15,19). The molecule has 1 saturated heterocycles. The van der Waals surface area contributed by atoms with Crippen LogP contribution in [0.15, 0.2) is 17.5 Å². The lowest BCUT2D eigenvalue weighted by molar-refractivity contribution is -0.136. The molecule has 1 N–H and O–H groups in total. The van der Waals surface area contributed by atoms with E-state index in [9.17, 15) is 9.59 Å². The van der Waals surface area contributed by atoms with Crippen molar-refractivity contribution in [1.29, 1.82) is 0 Å². The quantitative estimate of drug-likeness (QED) is 0.819. The summed E-state index contributed by atoms with van der Waals surface area (Å²) in [6.07, 6.45) is 0. The third-order valence-electron chi connectivity index (χ3n) is 3.45. The maximum atomic E-state index is 11.8. The molecule has 1 fully saturated rings. The molecule has 2 amide bonds. The average molecular weight is 311 g/mol. The van der Waals surface area contributed by atoms with Gasteiger partial charge in [-0.25, -0.2) is 0 Å². The van der Waals surface area contributed by atoms with Crippen LogP contribution in [-0.2, 0) is 9.53 Å². The Morgan fingerprint density at radius 3 is 2.71 bits per heavy atom. The number of carbonyl (C=O) groups excluding carboxylic acids is 2. The highest BCUT2D eigenvalue weighted by molar-refractivity contribution is 7.12. The summed E-state index contributed by atoms with van der Waals surface area (Å²) in [5, 5.41) is 4.81. The molecule has 7 heteroatoms. The molecule has 1 aromatic rings. The van der Waals surface area contributed by atoms with Gasteiger partial charge in [0.2, 0.25) is 5.91 Å². The van der Waals surface area contributed by atoms with Crippen molar-refractivity contribution >= 4 is 23.2 Å². The second-order valence-corrected chi connectivity index (χ2v) is 5.84. The van der Waals surface area contributed by atoms with Crippen molar-refractivity contribution in [3.05, 3.63) is 22.4 Å². The molecule has 1 aromatic heterocycles. The molecule has 2 heterocycles. The Bertz CT molecular complexity index is 456. The second-order valence-electron chi connectivity index (χ2n) is 4.89. The predicted molar refractivity (Wildman–Crippen MR) is 81.5 cm³/mol. The Labute approximate surface area is 128 Å². The minimum Gasteiger partial charge on any atom is -0.375 e. The van der Waals surface area contributed by atoms with Crippen LogP contribution in [0.2, 0.25) is 0 Å². The van der Waals surface area contributed by atoms with E-state index in [0.717, 1.165) is 37.6 Å². The molecule has 0 unspecified atom stereocenters. The van der Waals surface area contributed by atoms with E-state index in [4.69, 9.17) is 4.74 Å². The van der Waals surface area contributed by atoms with Crippen molar-refractivity contribution in [3.63, 3.8) is 0 Å². The van der Waals surface area contributed by atoms with Crippen LogP contribution >= 0.6 is 11.3 Å². The van der Waals surface area contributed by atoms with Crippen molar-refractivity contribution in [2.75, 3.05) is 53.0 Å². The van der Waals surface area contributed by atoms with Crippen LogP contribution in [0.3, 0.4) is 0 Å². The molecule has 0 radical (unpaired) electrons. The molecule has 0 aromatic carbocycles. The number of piperazine rings is 1. The fraction of sp³-hybridized carbons (Fsp3) is 0.571. The zero-order valence-electron chi connectivity index (χ0n) is 12.2. The fourth-order valence-corrected chi connectivity index (χ4v) is 2.90. The first-order valence-electron chi connectivity index (χ1n) is 7.01. The summed E-state index contributed by atoms with van der Waals surface area (Å²) in [7, 11) is 1.53. The maximum Gasteiger partial charge on any atom is 0.261 e. The van der Waals surface area contributed by atoms with E-state index in [1.54, 1.807) is 0 Å². The Hall–Kier alpha value is -1.44. The number of carbonyl (C=O) groups is 2. The van der Waals surface area contributed by atoms with Gasteiger partial charge < -0.3 is 15.0 Å². The molecule has 21 heavy (non-hydrogen) atoms. The average Bonchev–Trinajstić information content (AvgIpc) is 3.02. The van der Waals surface area contributed by atoms with Crippen LogP contribution in [0.1, 0.15) is 9.67 Å². The van der Waals surface area contributed by atoms with Gasteiger partial charge in [-0.2, -0.15) is 0 Å². The largest absolute Gasteiger partial charge is 0.375 e. The number of hydrogen-bond donors (Lipinski definition) is 1. The number of nitrogens with zero attached hydrogens (tertiary/aromatic N) is 2. The van der Waals surface area contributed by atoms with Gasteiger partial charge in [-0.1, -0.05) is 6.07 Å². The van der Waals surface area contributed by atoms with Crippen LogP contribution in [0, 0.1) is 0 Å². The minimum absolute atomic E-state index is 0.0149. The van der Waals surface area contributed by atoms with Gasteiger partial charge in [0.05, 0.1) is 4.88 Å². The van der Waals surface area contributed by atoms with Gasteiger partial charge >= 0.3 is 0 Å². The highest BCUT2D eigenvalue weighted by Crippen LogP contribution is 2.07. The van der Waals surface area contributed by atoms with Crippen LogP contribution in [0.4, 0.5) is 0 Å². The van der Waals surface area contributed by atoms with Crippen molar-refractivity contribution in [1.82, 2.24) is 15.1 Å². The number of ether oxygens (including phenoxy) is 1. The summed E-state index contributed by atoms with van der Waals surface area (Å²) < 4.78 is 4.86. The van der Waals surface area contributed by atoms with Gasteiger partial charge in [0.25, 0.3) is 5.91 Å². The SMILES string of the molecule is COCC(=O)N1CCN(CCNC(=O)c2cccs2)CC1. The summed E-state index contributed by atoms with van der Waals surface area (Å²) in [4.78, 5) is 28.3. The summed E-state index contributed by atoms with van der Waals surface area (Å²) in [5.41, 5.74) is 0. The number of nitrogens with one attached hydrogen (secondary N) is 1. The third-order valence-corrected chi connectivity index (χ3v) is 4.32. The number of rotatable bonds is 6. The Morgan fingerprint density at radius 2 is 2.10 bits per heavy atom.